The Morgan fingerprint density at radius 3 is 2.70 bits per heavy atom. The summed E-state index contributed by atoms with van der Waals surface area (Å²) in [6.07, 6.45) is 0. The lowest BCUT2D eigenvalue weighted by atomic mass is 10.2. The first-order valence-electron chi connectivity index (χ1n) is 9.14. The molecule has 0 saturated heterocycles. The molecular weight excluding hydrogens is 444 g/mol. The monoisotopic (exact) mass is 464 g/mol. The minimum Gasteiger partial charge on any atom is -0.325 e. The van der Waals surface area contributed by atoms with E-state index in [2.05, 4.69) is 20.6 Å². The molecule has 0 spiro atoms. The first kappa shape index (κ1) is 22.3. The fourth-order valence-corrected chi connectivity index (χ4v) is 4.81. The molecule has 0 aliphatic rings. The van der Waals surface area contributed by atoms with Crippen molar-refractivity contribution in [2.45, 2.75) is 38.7 Å². The maximum atomic E-state index is 12.5. The molecule has 0 radical (unpaired) electrons. The molecular formula is C20H21ClN4O3S2. The Kier molecular flexibility index (Phi) is 6.84. The highest BCUT2D eigenvalue weighted by molar-refractivity contribution is 7.99. The standard InChI is InChI=1S/C20H21ClN4O3S2/c1-9-10(2)30-20-17(9)19(28)24-16(25-20)8-29-11(3)18(27)23-13-5-6-15(14(21)7-13)22-12(4)26/h5-7,11H,8H2,1-4H3,(H,22,26)(H,23,27)(H,24,25,28). The summed E-state index contributed by atoms with van der Waals surface area (Å²) >= 11 is 9.01. The van der Waals surface area contributed by atoms with Gasteiger partial charge in [0.25, 0.3) is 5.56 Å². The second kappa shape index (κ2) is 9.20. The number of thioether (sulfide) groups is 1. The summed E-state index contributed by atoms with van der Waals surface area (Å²) in [7, 11) is 0. The first-order chi connectivity index (χ1) is 14.2. The minimum absolute atomic E-state index is 0.150. The number of nitrogens with one attached hydrogen (secondary N) is 3. The maximum Gasteiger partial charge on any atom is 0.259 e. The highest BCUT2D eigenvalue weighted by Gasteiger charge is 2.17. The van der Waals surface area contributed by atoms with Gasteiger partial charge in [0.1, 0.15) is 10.7 Å². The molecule has 2 amide bonds. The third-order valence-corrected chi connectivity index (χ3v) is 7.04. The number of carbonyl (C=O) groups is 2. The third kappa shape index (κ3) is 5.03. The van der Waals surface area contributed by atoms with Crippen LogP contribution in [0.15, 0.2) is 23.0 Å². The molecule has 0 fully saturated rings. The van der Waals surface area contributed by atoms with Gasteiger partial charge in [-0.1, -0.05) is 11.6 Å². The SMILES string of the molecule is CC(=O)Nc1ccc(NC(=O)C(C)SCc2nc3sc(C)c(C)c3c(=O)[nH]2)cc1Cl. The van der Waals surface area contributed by atoms with E-state index in [1.54, 1.807) is 25.1 Å². The Hall–Kier alpha value is -2.36. The zero-order valence-corrected chi connectivity index (χ0v) is 19.3. The number of aromatic amines is 1. The van der Waals surface area contributed by atoms with E-state index in [1.807, 2.05) is 13.8 Å². The fraction of sp³-hybridized carbons (Fsp3) is 0.300. The highest BCUT2D eigenvalue weighted by Crippen LogP contribution is 2.28. The Bertz CT molecular complexity index is 1190. The van der Waals surface area contributed by atoms with Crippen LogP contribution in [0.25, 0.3) is 10.2 Å². The maximum absolute atomic E-state index is 12.5. The zero-order valence-electron chi connectivity index (χ0n) is 16.9. The number of hydrogen-bond acceptors (Lipinski definition) is 6. The van der Waals surface area contributed by atoms with Crippen LogP contribution in [0.4, 0.5) is 11.4 Å². The smallest absolute Gasteiger partial charge is 0.259 e. The van der Waals surface area contributed by atoms with E-state index in [1.165, 1.54) is 30.0 Å². The Labute approximate surface area is 186 Å². The van der Waals surface area contributed by atoms with Crippen LogP contribution in [-0.4, -0.2) is 27.0 Å². The summed E-state index contributed by atoms with van der Waals surface area (Å²) in [5.41, 5.74) is 1.82. The van der Waals surface area contributed by atoms with Crippen LogP contribution in [0.3, 0.4) is 0 Å². The van der Waals surface area contributed by atoms with Crippen LogP contribution < -0.4 is 16.2 Å². The average Bonchev–Trinajstić information content (AvgIpc) is 2.95. The topological polar surface area (TPSA) is 104 Å². The summed E-state index contributed by atoms with van der Waals surface area (Å²) in [6, 6.07) is 4.88. The van der Waals surface area contributed by atoms with Gasteiger partial charge < -0.3 is 15.6 Å². The van der Waals surface area contributed by atoms with Crippen molar-refractivity contribution in [3.05, 3.63) is 49.8 Å². The van der Waals surface area contributed by atoms with Gasteiger partial charge in [0.2, 0.25) is 11.8 Å². The molecule has 10 heteroatoms. The number of nitrogens with zero attached hydrogens (tertiary/aromatic N) is 1. The molecule has 158 valence electrons. The van der Waals surface area contributed by atoms with Crippen LogP contribution in [0, 0.1) is 13.8 Å². The molecule has 0 aliphatic heterocycles. The van der Waals surface area contributed by atoms with Gasteiger partial charge in [0.05, 0.1) is 27.1 Å². The Balaban J connectivity index is 1.63. The van der Waals surface area contributed by atoms with E-state index < -0.39 is 0 Å². The van der Waals surface area contributed by atoms with Crippen molar-refractivity contribution in [3.63, 3.8) is 0 Å². The van der Waals surface area contributed by atoms with E-state index in [0.29, 0.717) is 33.4 Å². The summed E-state index contributed by atoms with van der Waals surface area (Å²) in [5, 5.41) is 6.00. The molecule has 0 bridgehead atoms. The van der Waals surface area contributed by atoms with Gasteiger partial charge in [-0.2, -0.15) is 0 Å². The molecule has 3 N–H and O–H groups in total. The van der Waals surface area contributed by atoms with Gasteiger partial charge in [0.15, 0.2) is 0 Å². The van der Waals surface area contributed by atoms with Gasteiger partial charge >= 0.3 is 0 Å². The normalized spacial score (nSPS) is 12.0. The minimum atomic E-state index is -0.383. The first-order valence-corrected chi connectivity index (χ1v) is 11.4. The second-order valence-corrected chi connectivity index (χ2v) is 9.73. The van der Waals surface area contributed by atoms with Crippen molar-refractivity contribution in [2.75, 3.05) is 10.6 Å². The molecule has 1 aromatic carbocycles. The van der Waals surface area contributed by atoms with Crippen LogP contribution >= 0.6 is 34.7 Å². The van der Waals surface area contributed by atoms with Gasteiger partial charge in [-0.15, -0.1) is 23.1 Å². The van der Waals surface area contributed by atoms with Crippen molar-refractivity contribution >= 4 is 68.1 Å². The Morgan fingerprint density at radius 1 is 1.30 bits per heavy atom. The fourth-order valence-electron chi connectivity index (χ4n) is 2.77. The van der Waals surface area contributed by atoms with Crippen LogP contribution in [0.2, 0.25) is 5.02 Å². The molecule has 0 aliphatic carbocycles. The molecule has 0 saturated carbocycles. The number of H-pyrrole nitrogens is 1. The molecule has 1 atom stereocenters. The van der Waals surface area contributed by atoms with Crippen LogP contribution in [0.1, 0.15) is 30.1 Å². The molecule has 2 aromatic heterocycles. The lowest BCUT2D eigenvalue weighted by molar-refractivity contribution is -0.115. The van der Waals surface area contributed by atoms with Crippen molar-refractivity contribution in [1.82, 2.24) is 9.97 Å². The number of halogens is 1. The largest absolute Gasteiger partial charge is 0.325 e. The average molecular weight is 465 g/mol. The van der Waals surface area contributed by atoms with Gasteiger partial charge in [-0.3, -0.25) is 14.4 Å². The highest BCUT2D eigenvalue weighted by atomic mass is 35.5. The number of rotatable bonds is 6. The lowest BCUT2D eigenvalue weighted by Gasteiger charge is -2.13. The summed E-state index contributed by atoms with van der Waals surface area (Å²) in [5.74, 6) is 0.518. The number of carbonyl (C=O) groups excluding carboxylic acids is 2. The summed E-state index contributed by atoms with van der Waals surface area (Å²) in [6.45, 7) is 7.06. The van der Waals surface area contributed by atoms with Gasteiger partial charge in [-0.05, 0) is 44.5 Å². The molecule has 7 nitrogen and oxygen atoms in total. The molecule has 1 unspecified atom stereocenters. The predicted octanol–water partition coefficient (Wildman–Crippen LogP) is 4.47. The Morgan fingerprint density at radius 2 is 2.03 bits per heavy atom. The second-order valence-electron chi connectivity index (χ2n) is 6.79. The van der Waals surface area contributed by atoms with Crippen molar-refractivity contribution in [3.8, 4) is 0 Å². The number of thiophene rings is 1. The van der Waals surface area contributed by atoms with E-state index in [4.69, 9.17) is 11.6 Å². The van der Waals surface area contributed by atoms with Crippen molar-refractivity contribution in [1.29, 1.82) is 0 Å². The summed E-state index contributed by atoms with van der Waals surface area (Å²) in [4.78, 5) is 45.2. The number of aryl methyl sites for hydroxylation is 2. The number of amides is 2. The third-order valence-electron chi connectivity index (χ3n) is 4.47. The van der Waals surface area contributed by atoms with E-state index >= 15 is 0 Å². The number of benzene rings is 1. The number of aromatic nitrogens is 2. The molecule has 3 aromatic rings. The molecule has 2 heterocycles. The zero-order chi connectivity index (χ0) is 22.0. The number of fused-ring (bicyclic) bond motifs is 1. The van der Waals surface area contributed by atoms with Crippen LogP contribution in [0.5, 0.6) is 0 Å². The molecule has 3 rings (SSSR count). The molecule has 30 heavy (non-hydrogen) atoms. The van der Waals surface area contributed by atoms with E-state index in [9.17, 15) is 14.4 Å². The van der Waals surface area contributed by atoms with Crippen molar-refractivity contribution < 1.29 is 9.59 Å². The van der Waals surface area contributed by atoms with E-state index in [0.717, 1.165) is 15.3 Å². The predicted molar refractivity (Wildman–Crippen MR) is 125 cm³/mol. The lowest BCUT2D eigenvalue weighted by Crippen LogP contribution is -2.23. The number of hydrogen-bond donors (Lipinski definition) is 3. The van der Waals surface area contributed by atoms with Crippen LogP contribution in [-0.2, 0) is 15.3 Å². The summed E-state index contributed by atoms with van der Waals surface area (Å²) < 4.78 is 0. The van der Waals surface area contributed by atoms with Gasteiger partial charge in [-0.25, -0.2) is 4.98 Å². The van der Waals surface area contributed by atoms with Crippen molar-refractivity contribution in [2.24, 2.45) is 0 Å². The van der Waals surface area contributed by atoms with Gasteiger partial charge in [0, 0.05) is 17.5 Å². The number of anilines is 2. The van der Waals surface area contributed by atoms with E-state index in [-0.39, 0.29) is 22.6 Å². The quantitative estimate of drug-likeness (QED) is 0.499.